The van der Waals surface area contributed by atoms with E-state index in [2.05, 4.69) is 26.2 Å². The van der Waals surface area contributed by atoms with Crippen LogP contribution in [0.25, 0.3) is 10.9 Å². The number of benzene rings is 2. The van der Waals surface area contributed by atoms with Crippen LogP contribution in [0, 0.1) is 0 Å². The zero-order chi connectivity index (χ0) is 19.7. The fourth-order valence-corrected chi connectivity index (χ4v) is 5.22. The lowest BCUT2D eigenvalue weighted by Gasteiger charge is -2.16. The number of nitrogens with one attached hydrogen (secondary N) is 1. The Morgan fingerprint density at radius 1 is 1.07 bits per heavy atom. The van der Waals surface area contributed by atoms with E-state index in [-0.39, 0.29) is 10.8 Å². The van der Waals surface area contributed by atoms with Gasteiger partial charge in [-0.05, 0) is 55.3 Å². The Morgan fingerprint density at radius 2 is 1.86 bits per heavy atom. The lowest BCUT2D eigenvalue weighted by Crippen LogP contribution is -2.28. The third-order valence-corrected chi connectivity index (χ3v) is 7.14. The molecule has 8 heteroatoms. The Morgan fingerprint density at radius 3 is 2.64 bits per heavy atom. The minimum Gasteiger partial charge on any atom is -0.321 e. The van der Waals surface area contributed by atoms with Gasteiger partial charge >= 0.3 is 0 Å². The summed E-state index contributed by atoms with van der Waals surface area (Å²) in [7, 11) is -3.57. The Kier molecular flexibility index (Phi) is 5.18. The van der Waals surface area contributed by atoms with Gasteiger partial charge in [-0.25, -0.2) is 8.42 Å². The third kappa shape index (κ3) is 3.67. The van der Waals surface area contributed by atoms with Crippen LogP contribution >= 0.6 is 15.9 Å². The molecule has 0 bridgehead atoms. The smallest absolute Gasteiger partial charge is 0.255 e. The molecule has 0 unspecified atom stereocenters. The lowest BCUT2D eigenvalue weighted by molar-refractivity contribution is 0.102. The standard InChI is InChI=1S/C20H18BrN3O3S/c21-15-6-7-18-17(13-15)19(8-9-22-18)23-20(25)14-4-3-5-16(12-14)28(26,27)24-10-1-2-11-24/h3-9,12-13H,1-2,10-11H2,(H,22,23,25). The second-order valence-corrected chi connectivity index (χ2v) is 9.47. The summed E-state index contributed by atoms with van der Waals surface area (Å²) in [6.07, 6.45) is 3.36. The highest BCUT2D eigenvalue weighted by molar-refractivity contribution is 9.10. The molecule has 1 N–H and O–H groups in total. The van der Waals surface area contributed by atoms with Crippen LogP contribution in [0.5, 0.6) is 0 Å². The molecule has 1 amide bonds. The Hall–Kier alpha value is -2.29. The minimum atomic E-state index is -3.57. The van der Waals surface area contributed by atoms with Crippen molar-refractivity contribution in [2.75, 3.05) is 18.4 Å². The van der Waals surface area contributed by atoms with E-state index in [9.17, 15) is 13.2 Å². The summed E-state index contributed by atoms with van der Waals surface area (Å²) >= 11 is 3.43. The monoisotopic (exact) mass is 459 g/mol. The number of carbonyl (C=O) groups is 1. The minimum absolute atomic E-state index is 0.143. The van der Waals surface area contributed by atoms with Gasteiger partial charge in [0.05, 0.1) is 16.1 Å². The van der Waals surface area contributed by atoms with Crippen molar-refractivity contribution in [2.45, 2.75) is 17.7 Å². The molecular weight excluding hydrogens is 442 g/mol. The van der Waals surface area contributed by atoms with Crippen molar-refractivity contribution < 1.29 is 13.2 Å². The van der Waals surface area contributed by atoms with Crippen molar-refractivity contribution >= 4 is 48.5 Å². The van der Waals surface area contributed by atoms with Crippen LogP contribution in [0.4, 0.5) is 5.69 Å². The summed E-state index contributed by atoms with van der Waals surface area (Å²) in [6, 6.07) is 13.5. The highest BCUT2D eigenvalue weighted by Crippen LogP contribution is 2.26. The number of amides is 1. The lowest BCUT2D eigenvalue weighted by atomic mass is 10.1. The summed E-state index contributed by atoms with van der Waals surface area (Å²) < 4.78 is 27.9. The van der Waals surface area contributed by atoms with Crippen LogP contribution in [-0.4, -0.2) is 36.7 Å². The Balaban J connectivity index is 1.64. The van der Waals surface area contributed by atoms with Crippen LogP contribution in [0.3, 0.4) is 0 Å². The van der Waals surface area contributed by atoms with Crippen molar-refractivity contribution in [3.05, 3.63) is 64.8 Å². The average Bonchev–Trinajstić information content (AvgIpc) is 3.24. The second-order valence-electron chi connectivity index (χ2n) is 6.61. The molecule has 1 aliphatic heterocycles. The van der Waals surface area contributed by atoms with Gasteiger partial charge in [0.25, 0.3) is 5.91 Å². The molecule has 2 aromatic carbocycles. The topological polar surface area (TPSA) is 79.4 Å². The van der Waals surface area contributed by atoms with E-state index in [0.29, 0.717) is 24.3 Å². The summed E-state index contributed by atoms with van der Waals surface area (Å²) in [5, 5.41) is 3.67. The molecule has 0 radical (unpaired) electrons. The highest BCUT2D eigenvalue weighted by atomic mass is 79.9. The zero-order valence-corrected chi connectivity index (χ0v) is 17.3. The van der Waals surface area contributed by atoms with Gasteiger partial charge in [-0.15, -0.1) is 0 Å². The molecule has 0 saturated carbocycles. The van der Waals surface area contributed by atoms with E-state index in [1.54, 1.807) is 24.4 Å². The van der Waals surface area contributed by atoms with E-state index < -0.39 is 10.0 Å². The SMILES string of the molecule is O=C(Nc1ccnc2ccc(Br)cc12)c1cccc(S(=O)(=O)N2CCCC2)c1. The van der Waals surface area contributed by atoms with Gasteiger partial charge in [0.15, 0.2) is 0 Å². The molecular formula is C20H18BrN3O3S. The molecule has 144 valence electrons. The highest BCUT2D eigenvalue weighted by Gasteiger charge is 2.27. The zero-order valence-electron chi connectivity index (χ0n) is 14.9. The number of anilines is 1. The number of pyridine rings is 1. The van der Waals surface area contributed by atoms with Gasteiger partial charge in [-0.2, -0.15) is 4.31 Å². The van der Waals surface area contributed by atoms with Crippen LogP contribution in [0.15, 0.2) is 64.1 Å². The van der Waals surface area contributed by atoms with Crippen molar-refractivity contribution in [1.82, 2.24) is 9.29 Å². The molecule has 1 aliphatic rings. The largest absolute Gasteiger partial charge is 0.321 e. The number of sulfonamides is 1. The average molecular weight is 460 g/mol. The normalized spacial score (nSPS) is 15.0. The Bertz CT molecular complexity index is 1160. The molecule has 1 saturated heterocycles. The second kappa shape index (κ2) is 7.62. The summed E-state index contributed by atoms with van der Waals surface area (Å²) in [6.45, 7) is 1.05. The first-order chi connectivity index (χ1) is 13.4. The summed E-state index contributed by atoms with van der Waals surface area (Å²) in [4.78, 5) is 17.2. The van der Waals surface area contributed by atoms with Crippen molar-refractivity contribution in [3.8, 4) is 0 Å². The number of hydrogen-bond donors (Lipinski definition) is 1. The number of fused-ring (bicyclic) bond motifs is 1. The first kappa shape index (κ1) is 19.0. The molecule has 0 aliphatic carbocycles. The first-order valence-corrected chi connectivity index (χ1v) is 11.1. The maximum Gasteiger partial charge on any atom is 0.255 e. The van der Waals surface area contributed by atoms with E-state index in [0.717, 1.165) is 28.2 Å². The van der Waals surface area contributed by atoms with Gasteiger partial charge in [0.2, 0.25) is 10.0 Å². The molecule has 4 rings (SSSR count). The maximum atomic E-state index is 12.8. The molecule has 0 spiro atoms. The van der Waals surface area contributed by atoms with Gasteiger partial charge in [-0.1, -0.05) is 22.0 Å². The predicted molar refractivity (Wildman–Crippen MR) is 112 cm³/mol. The molecule has 1 fully saturated rings. The van der Waals surface area contributed by atoms with E-state index >= 15 is 0 Å². The third-order valence-electron chi connectivity index (χ3n) is 4.75. The molecule has 3 aromatic rings. The molecule has 28 heavy (non-hydrogen) atoms. The fourth-order valence-electron chi connectivity index (χ4n) is 3.30. The number of hydrogen-bond acceptors (Lipinski definition) is 4. The van der Waals surface area contributed by atoms with Crippen LogP contribution < -0.4 is 5.32 Å². The van der Waals surface area contributed by atoms with Crippen LogP contribution in [0.2, 0.25) is 0 Å². The predicted octanol–water partition coefficient (Wildman–Crippen LogP) is 4.03. The fraction of sp³-hybridized carbons (Fsp3) is 0.200. The van der Waals surface area contributed by atoms with E-state index in [4.69, 9.17) is 0 Å². The van der Waals surface area contributed by atoms with Gasteiger partial charge in [0.1, 0.15) is 0 Å². The number of nitrogens with zero attached hydrogens (tertiary/aromatic N) is 2. The van der Waals surface area contributed by atoms with E-state index in [1.165, 1.54) is 16.4 Å². The number of halogens is 1. The maximum absolute atomic E-state index is 12.8. The van der Waals surface area contributed by atoms with Crippen molar-refractivity contribution in [1.29, 1.82) is 0 Å². The number of rotatable bonds is 4. The van der Waals surface area contributed by atoms with Gasteiger partial charge in [0, 0.05) is 34.7 Å². The van der Waals surface area contributed by atoms with E-state index in [1.807, 2.05) is 18.2 Å². The quantitative estimate of drug-likeness (QED) is 0.638. The van der Waals surface area contributed by atoms with Crippen molar-refractivity contribution in [2.24, 2.45) is 0 Å². The summed E-state index contributed by atoms with van der Waals surface area (Å²) in [5.74, 6) is -0.369. The first-order valence-electron chi connectivity index (χ1n) is 8.91. The van der Waals surface area contributed by atoms with Gasteiger partial charge < -0.3 is 5.32 Å². The van der Waals surface area contributed by atoms with Gasteiger partial charge in [-0.3, -0.25) is 9.78 Å². The Labute approximate surface area is 171 Å². The molecule has 1 aromatic heterocycles. The summed E-state index contributed by atoms with van der Waals surface area (Å²) in [5.41, 5.74) is 1.66. The number of carbonyl (C=O) groups excluding carboxylic acids is 1. The van der Waals surface area contributed by atoms with Crippen molar-refractivity contribution in [3.63, 3.8) is 0 Å². The molecule has 0 atom stereocenters. The van der Waals surface area contributed by atoms with Crippen LogP contribution in [0.1, 0.15) is 23.2 Å². The number of aromatic nitrogens is 1. The van der Waals surface area contributed by atoms with Crippen LogP contribution in [-0.2, 0) is 10.0 Å². The molecule has 6 nitrogen and oxygen atoms in total. The molecule has 2 heterocycles.